The standard InChI is InChI=1S/C14H22N4O/c1-10-7-12(15)11(8-16-10)13(19)17-9-14(18(2)3)5-4-6-14/h7-8H,4-6,9H2,1-3H3,(H2,15,16)(H,17,19). The molecule has 1 saturated carbocycles. The number of carbonyl (C=O) groups excluding carboxylic acids is 1. The van der Waals surface area contributed by atoms with E-state index in [-0.39, 0.29) is 11.4 Å². The Labute approximate surface area is 114 Å². The van der Waals surface area contributed by atoms with Crippen molar-refractivity contribution in [2.45, 2.75) is 31.7 Å². The molecule has 19 heavy (non-hydrogen) atoms. The fourth-order valence-corrected chi connectivity index (χ4v) is 2.48. The number of amides is 1. The van der Waals surface area contributed by atoms with Crippen LogP contribution in [0.25, 0.3) is 0 Å². The predicted octanol–water partition coefficient (Wildman–Crippen LogP) is 1.19. The van der Waals surface area contributed by atoms with E-state index in [1.54, 1.807) is 12.3 Å². The van der Waals surface area contributed by atoms with Gasteiger partial charge in [0.2, 0.25) is 0 Å². The SMILES string of the molecule is Cc1cc(N)c(C(=O)NCC2(N(C)C)CCC2)cn1. The quantitative estimate of drug-likeness (QED) is 0.855. The minimum Gasteiger partial charge on any atom is -0.398 e. The predicted molar refractivity (Wildman–Crippen MR) is 76.0 cm³/mol. The zero-order valence-electron chi connectivity index (χ0n) is 11.9. The van der Waals surface area contributed by atoms with Gasteiger partial charge in [-0.1, -0.05) is 0 Å². The van der Waals surface area contributed by atoms with Gasteiger partial charge in [-0.05, 0) is 46.3 Å². The molecule has 5 heteroatoms. The maximum atomic E-state index is 12.1. The van der Waals surface area contributed by atoms with Gasteiger partial charge in [-0.2, -0.15) is 0 Å². The number of anilines is 1. The Morgan fingerprint density at radius 3 is 2.68 bits per heavy atom. The molecule has 0 unspecified atom stereocenters. The van der Waals surface area contributed by atoms with Crippen molar-refractivity contribution in [2.24, 2.45) is 0 Å². The molecule has 0 atom stereocenters. The molecular formula is C14H22N4O. The van der Waals surface area contributed by atoms with E-state index in [9.17, 15) is 4.79 Å². The van der Waals surface area contributed by atoms with Crippen molar-refractivity contribution in [3.05, 3.63) is 23.5 Å². The van der Waals surface area contributed by atoms with Gasteiger partial charge in [0, 0.05) is 29.7 Å². The molecule has 0 aliphatic heterocycles. The number of rotatable bonds is 4. The van der Waals surface area contributed by atoms with Crippen molar-refractivity contribution >= 4 is 11.6 Å². The average molecular weight is 262 g/mol. The lowest BCUT2D eigenvalue weighted by Gasteiger charge is -2.47. The summed E-state index contributed by atoms with van der Waals surface area (Å²) in [5.41, 5.74) is 7.73. The number of aryl methyl sites for hydroxylation is 1. The molecule has 1 aliphatic carbocycles. The van der Waals surface area contributed by atoms with Crippen LogP contribution >= 0.6 is 0 Å². The van der Waals surface area contributed by atoms with Crippen molar-refractivity contribution in [2.75, 3.05) is 26.4 Å². The van der Waals surface area contributed by atoms with Crippen molar-refractivity contribution in [3.8, 4) is 0 Å². The molecule has 1 aliphatic rings. The van der Waals surface area contributed by atoms with Gasteiger partial charge in [-0.3, -0.25) is 9.78 Å². The molecule has 0 spiro atoms. The van der Waals surface area contributed by atoms with Crippen LogP contribution in [0.4, 0.5) is 5.69 Å². The summed E-state index contributed by atoms with van der Waals surface area (Å²) in [4.78, 5) is 18.5. The molecule has 0 saturated heterocycles. The first kappa shape index (κ1) is 13.8. The summed E-state index contributed by atoms with van der Waals surface area (Å²) < 4.78 is 0. The maximum Gasteiger partial charge on any atom is 0.255 e. The van der Waals surface area contributed by atoms with Gasteiger partial charge in [-0.25, -0.2) is 0 Å². The van der Waals surface area contributed by atoms with Gasteiger partial charge in [0.1, 0.15) is 0 Å². The molecule has 0 aromatic carbocycles. The van der Waals surface area contributed by atoms with E-state index in [0.29, 0.717) is 17.8 Å². The van der Waals surface area contributed by atoms with Crippen LogP contribution in [0, 0.1) is 6.92 Å². The van der Waals surface area contributed by atoms with Gasteiger partial charge in [0.15, 0.2) is 0 Å². The van der Waals surface area contributed by atoms with E-state index < -0.39 is 0 Å². The fourth-order valence-electron chi connectivity index (χ4n) is 2.48. The zero-order valence-corrected chi connectivity index (χ0v) is 11.9. The molecule has 0 radical (unpaired) electrons. The molecule has 1 amide bonds. The highest BCUT2D eigenvalue weighted by atomic mass is 16.1. The Morgan fingerprint density at radius 2 is 2.21 bits per heavy atom. The summed E-state index contributed by atoms with van der Waals surface area (Å²) in [5, 5.41) is 2.98. The molecule has 1 heterocycles. The molecular weight excluding hydrogens is 240 g/mol. The highest BCUT2D eigenvalue weighted by Crippen LogP contribution is 2.35. The Hall–Kier alpha value is -1.62. The number of likely N-dealkylation sites (N-methyl/N-ethyl adjacent to an activating group) is 1. The molecule has 5 nitrogen and oxygen atoms in total. The number of carbonyl (C=O) groups is 1. The van der Waals surface area contributed by atoms with E-state index in [1.807, 2.05) is 6.92 Å². The molecule has 3 N–H and O–H groups in total. The van der Waals surface area contributed by atoms with E-state index in [2.05, 4.69) is 29.3 Å². The lowest BCUT2D eigenvalue weighted by molar-refractivity contribution is 0.0558. The van der Waals surface area contributed by atoms with Crippen LogP contribution in [0.15, 0.2) is 12.3 Å². The third-order valence-electron chi connectivity index (χ3n) is 4.13. The van der Waals surface area contributed by atoms with Crippen molar-refractivity contribution in [3.63, 3.8) is 0 Å². The maximum absolute atomic E-state index is 12.1. The number of nitrogen functional groups attached to an aromatic ring is 1. The average Bonchev–Trinajstić information content (AvgIpc) is 2.26. The number of nitrogens with one attached hydrogen (secondary N) is 1. The first-order valence-corrected chi connectivity index (χ1v) is 6.62. The van der Waals surface area contributed by atoms with Crippen LogP contribution in [0.1, 0.15) is 35.3 Å². The topological polar surface area (TPSA) is 71.2 Å². The normalized spacial score (nSPS) is 17.1. The molecule has 0 bridgehead atoms. The van der Waals surface area contributed by atoms with Gasteiger partial charge >= 0.3 is 0 Å². The second-order valence-corrected chi connectivity index (χ2v) is 5.57. The highest BCUT2D eigenvalue weighted by molar-refractivity contribution is 5.98. The van der Waals surface area contributed by atoms with Crippen molar-refractivity contribution in [1.82, 2.24) is 15.2 Å². The van der Waals surface area contributed by atoms with Gasteiger partial charge in [-0.15, -0.1) is 0 Å². The van der Waals surface area contributed by atoms with E-state index in [1.165, 1.54) is 6.42 Å². The van der Waals surface area contributed by atoms with Crippen LogP contribution in [0.2, 0.25) is 0 Å². The number of nitrogens with zero attached hydrogens (tertiary/aromatic N) is 2. The Kier molecular flexibility index (Phi) is 3.75. The second kappa shape index (κ2) is 5.17. The van der Waals surface area contributed by atoms with Gasteiger partial charge < -0.3 is 16.0 Å². The third kappa shape index (κ3) is 2.71. The minimum absolute atomic E-state index is 0.114. The third-order valence-corrected chi connectivity index (χ3v) is 4.13. The summed E-state index contributed by atoms with van der Waals surface area (Å²) in [6, 6.07) is 1.72. The van der Waals surface area contributed by atoms with E-state index in [4.69, 9.17) is 5.73 Å². The Morgan fingerprint density at radius 1 is 1.53 bits per heavy atom. The Bertz CT molecular complexity index is 480. The lowest BCUT2D eigenvalue weighted by Crippen LogP contribution is -2.57. The first-order valence-electron chi connectivity index (χ1n) is 6.62. The number of pyridine rings is 1. The van der Waals surface area contributed by atoms with Crippen molar-refractivity contribution < 1.29 is 4.79 Å². The first-order chi connectivity index (χ1) is 8.94. The number of aromatic nitrogens is 1. The van der Waals surface area contributed by atoms with Crippen LogP contribution in [0.5, 0.6) is 0 Å². The van der Waals surface area contributed by atoms with Crippen LogP contribution in [-0.2, 0) is 0 Å². The monoisotopic (exact) mass is 262 g/mol. The summed E-state index contributed by atoms with van der Waals surface area (Å²) >= 11 is 0. The summed E-state index contributed by atoms with van der Waals surface area (Å²) in [6.45, 7) is 2.51. The van der Waals surface area contributed by atoms with Crippen LogP contribution < -0.4 is 11.1 Å². The number of nitrogens with two attached hydrogens (primary N) is 1. The number of hydrogen-bond acceptors (Lipinski definition) is 4. The molecule has 2 rings (SSSR count). The van der Waals surface area contributed by atoms with Gasteiger partial charge in [0.25, 0.3) is 5.91 Å². The molecule has 1 aromatic heterocycles. The Balaban J connectivity index is 2.01. The lowest BCUT2D eigenvalue weighted by atomic mass is 9.75. The summed E-state index contributed by atoms with van der Waals surface area (Å²) in [6.07, 6.45) is 5.02. The largest absolute Gasteiger partial charge is 0.398 e. The van der Waals surface area contributed by atoms with Gasteiger partial charge in [0.05, 0.1) is 5.56 Å². The minimum atomic E-state index is -0.141. The zero-order chi connectivity index (χ0) is 14.0. The molecule has 1 fully saturated rings. The second-order valence-electron chi connectivity index (χ2n) is 5.57. The van der Waals surface area contributed by atoms with Crippen LogP contribution in [0.3, 0.4) is 0 Å². The van der Waals surface area contributed by atoms with Crippen molar-refractivity contribution in [1.29, 1.82) is 0 Å². The molecule has 1 aromatic rings. The fraction of sp³-hybridized carbons (Fsp3) is 0.571. The highest BCUT2D eigenvalue weighted by Gasteiger charge is 2.39. The molecule has 104 valence electrons. The summed E-state index contributed by atoms with van der Waals surface area (Å²) in [7, 11) is 4.13. The van der Waals surface area contributed by atoms with E-state index >= 15 is 0 Å². The van der Waals surface area contributed by atoms with Crippen LogP contribution in [-0.4, -0.2) is 42.0 Å². The summed E-state index contributed by atoms with van der Waals surface area (Å²) in [5.74, 6) is -0.141. The number of hydrogen-bond donors (Lipinski definition) is 2. The smallest absolute Gasteiger partial charge is 0.255 e. The van der Waals surface area contributed by atoms with E-state index in [0.717, 1.165) is 18.5 Å².